The highest BCUT2D eigenvalue weighted by Crippen LogP contribution is 2.24. The van der Waals surface area contributed by atoms with Crippen LogP contribution in [-0.4, -0.2) is 37.6 Å². The van der Waals surface area contributed by atoms with E-state index in [2.05, 4.69) is 33.5 Å². The van der Waals surface area contributed by atoms with Gasteiger partial charge in [-0.15, -0.1) is 0 Å². The lowest BCUT2D eigenvalue weighted by molar-refractivity contribution is -0.124. The van der Waals surface area contributed by atoms with Crippen LogP contribution < -0.4 is 15.5 Å². The highest BCUT2D eigenvalue weighted by molar-refractivity contribution is 5.79. The molecule has 20 heavy (non-hydrogen) atoms. The van der Waals surface area contributed by atoms with Crippen molar-refractivity contribution in [2.75, 3.05) is 36.9 Å². The number of anilines is 2. The summed E-state index contributed by atoms with van der Waals surface area (Å²) >= 11 is 0. The third kappa shape index (κ3) is 3.62. The van der Waals surface area contributed by atoms with E-state index in [1.54, 1.807) is 7.05 Å². The van der Waals surface area contributed by atoms with Crippen LogP contribution in [0.1, 0.15) is 26.2 Å². The minimum atomic E-state index is 0.0916. The minimum absolute atomic E-state index is 0.0916. The zero-order valence-electron chi connectivity index (χ0n) is 12.4. The van der Waals surface area contributed by atoms with Crippen molar-refractivity contribution in [3.05, 3.63) is 18.3 Å². The van der Waals surface area contributed by atoms with Gasteiger partial charge >= 0.3 is 0 Å². The van der Waals surface area contributed by atoms with Gasteiger partial charge in [0.05, 0.1) is 5.92 Å². The first-order chi connectivity index (χ1) is 9.74. The van der Waals surface area contributed by atoms with Crippen molar-refractivity contribution < 1.29 is 4.79 Å². The molecule has 1 aromatic rings. The molecule has 2 rings (SSSR count). The Labute approximate surface area is 120 Å². The lowest BCUT2D eigenvalue weighted by Crippen LogP contribution is -2.42. The fourth-order valence-electron chi connectivity index (χ4n) is 2.60. The lowest BCUT2D eigenvalue weighted by atomic mass is 9.97. The summed E-state index contributed by atoms with van der Waals surface area (Å²) in [5.41, 5.74) is 1.15. The summed E-state index contributed by atoms with van der Waals surface area (Å²) in [5, 5.41) is 6.06. The highest BCUT2D eigenvalue weighted by atomic mass is 16.1. The molecule has 1 atom stereocenters. The number of hydrogen-bond donors (Lipinski definition) is 2. The van der Waals surface area contributed by atoms with Crippen LogP contribution in [0.4, 0.5) is 11.5 Å². The Kier molecular flexibility index (Phi) is 5.21. The number of amides is 1. The first-order valence-corrected chi connectivity index (χ1v) is 7.41. The van der Waals surface area contributed by atoms with Gasteiger partial charge in [-0.05, 0) is 25.3 Å². The zero-order valence-corrected chi connectivity index (χ0v) is 12.4. The molecule has 110 valence electrons. The molecular weight excluding hydrogens is 252 g/mol. The molecule has 5 nitrogen and oxygen atoms in total. The molecule has 0 aliphatic carbocycles. The van der Waals surface area contributed by atoms with E-state index in [0.29, 0.717) is 0 Å². The van der Waals surface area contributed by atoms with Gasteiger partial charge in [-0.1, -0.05) is 6.92 Å². The second kappa shape index (κ2) is 7.12. The largest absolute Gasteiger partial charge is 0.371 e. The van der Waals surface area contributed by atoms with Gasteiger partial charge in [0.15, 0.2) is 0 Å². The molecule has 1 aromatic heterocycles. The molecule has 1 aliphatic rings. The van der Waals surface area contributed by atoms with E-state index in [1.807, 2.05) is 12.3 Å². The third-order valence-corrected chi connectivity index (χ3v) is 3.70. The number of aromatic nitrogens is 1. The van der Waals surface area contributed by atoms with Gasteiger partial charge in [-0.3, -0.25) is 4.79 Å². The molecule has 2 heterocycles. The Morgan fingerprint density at radius 3 is 3.15 bits per heavy atom. The van der Waals surface area contributed by atoms with Crippen LogP contribution in [0.25, 0.3) is 0 Å². The first-order valence-electron chi connectivity index (χ1n) is 7.41. The van der Waals surface area contributed by atoms with Crippen molar-refractivity contribution in [3.8, 4) is 0 Å². The number of piperidine rings is 1. The summed E-state index contributed by atoms with van der Waals surface area (Å²) in [4.78, 5) is 18.4. The first kappa shape index (κ1) is 14.6. The van der Waals surface area contributed by atoms with Crippen LogP contribution in [0, 0.1) is 5.92 Å². The van der Waals surface area contributed by atoms with E-state index < -0.39 is 0 Å². The number of nitrogens with zero attached hydrogens (tertiary/aromatic N) is 2. The standard InChI is InChI=1S/C15H24N4O/c1-3-7-17-14-10-13(6-8-18-14)19-9-4-5-12(11-19)15(20)16-2/h6,8,10,12H,3-5,7,9,11H2,1-2H3,(H,16,20)(H,17,18). The molecule has 2 N–H and O–H groups in total. The summed E-state index contributed by atoms with van der Waals surface area (Å²) in [7, 11) is 1.71. The summed E-state index contributed by atoms with van der Waals surface area (Å²) < 4.78 is 0. The molecule has 5 heteroatoms. The molecule has 0 aromatic carbocycles. The van der Waals surface area contributed by atoms with Crippen LogP contribution in [-0.2, 0) is 4.79 Å². The van der Waals surface area contributed by atoms with Crippen molar-refractivity contribution in [2.45, 2.75) is 26.2 Å². The molecule has 0 bridgehead atoms. The summed E-state index contributed by atoms with van der Waals surface area (Å²) in [6, 6.07) is 4.09. The van der Waals surface area contributed by atoms with Crippen molar-refractivity contribution in [3.63, 3.8) is 0 Å². The van der Waals surface area contributed by atoms with Crippen molar-refractivity contribution in [1.29, 1.82) is 0 Å². The Bertz CT molecular complexity index is 449. The van der Waals surface area contributed by atoms with Crippen molar-refractivity contribution in [2.24, 2.45) is 5.92 Å². The van der Waals surface area contributed by atoms with E-state index in [4.69, 9.17) is 0 Å². The average molecular weight is 276 g/mol. The SMILES string of the molecule is CCCNc1cc(N2CCCC(C(=O)NC)C2)ccn1. The highest BCUT2D eigenvalue weighted by Gasteiger charge is 2.25. The fraction of sp³-hybridized carbons (Fsp3) is 0.600. The van der Waals surface area contributed by atoms with Crippen LogP contribution >= 0.6 is 0 Å². The summed E-state index contributed by atoms with van der Waals surface area (Å²) in [6.45, 7) is 4.86. The second-order valence-electron chi connectivity index (χ2n) is 5.23. The quantitative estimate of drug-likeness (QED) is 0.862. The summed E-state index contributed by atoms with van der Waals surface area (Å²) in [6.07, 6.45) is 4.94. The maximum absolute atomic E-state index is 11.8. The average Bonchev–Trinajstić information content (AvgIpc) is 2.52. The van der Waals surface area contributed by atoms with Gasteiger partial charge in [0.2, 0.25) is 5.91 Å². The van der Waals surface area contributed by atoms with Gasteiger partial charge in [0.1, 0.15) is 5.82 Å². The number of pyridine rings is 1. The topological polar surface area (TPSA) is 57.3 Å². The molecule has 1 fully saturated rings. The molecular formula is C15H24N4O. The van der Waals surface area contributed by atoms with E-state index in [0.717, 1.165) is 50.4 Å². The van der Waals surface area contributed by atoms with Gasteiger partial charge in [-0.2, -0.15) is 0 Å². The number of hydrogen-bond acceptors (Lipinski definition) is 4. The van der Waals surface area contributed by atoms with E-state index in [9.17, 15) is 4.79 Å². The van der Waals surface area contributed by atoms with Crippen LogP contribution in [0.2, 0.25) is 0 Å². The smallest absolute Gasteiger partial charge is 0.224 e. The molecule has 0 radical (unpaired) electrons. The molecule has 1 saturated heterocycles. The maximum atomic E-state index is 11.8. The minimum Gasteiger partial charge on any atom is -0.371 e. The number of rotatable bonds is 5. The Balaban J connectivity index is 2.04. The van der Waals surface area contributed by atoms with Crippen LogP contribution in [0.5, 0.6) is 0 Å². The number of carbonyl (C=O) groups is 1. The predicted molar refractivity (Wildman–Crippen MR) is 82.0 cm³/mol. The van der Waals surface area contributed by atoms with E-state index >= 15 is 0 Å². The lowest BCUT2D eigenvalue weighted by Gasteiger charge is -2.33. The molecule has 0 saturated carbocycles. The molecule has 0 spiro atoms. The van der Waals surface area contributed by atoms with E-state index in [-0.39, 0.29) is 11.8 Å². The number of carbonyl (C=O) groups excluding carboxylic acids is 1. The normalized spacial score (nSPS) is 18.7. The molecule has 1 aliphatic heterocycles. The monoisotopic (exact) mass is 276 g/mol. The third-order valence-electron chi connectivity index (χ3n) is 3.70. The fourth-order valence-corrected chi connectivity index (χ4v) is 2.60. The van der Waals surface area contributed by atoms with Gasteiger partial charge < -0.3 is 15.5 Å². The Hall–Kier alpha value is -1.78. The second-order valence-corrected chi connectivity index (χ2v) is 5.23. The van der Waals surface area contributed by atoms with Crippen molar-refractivity contribution >= 4 is 17.4 Å². The van der Waals surface area contributed by atoms with Gasteiger partial charge in [0, 0.05) is 44.6 Å². The van der Waals surface area contributed by atoms with Crippen molar-refractivity contribution in [1.82, 2.24) is 10.3 Å². The van der Waals surface area contributed by atoms with Crippen LogP contribution in [0.3, 0.4) is 0 Å². The Morgan fingerprint density at radius 1 is 1.55 bits per heavy atom. The van der Waals surface area contributed by atoms with Crippen LogP contribution in [0.15, 0.2) is 18.3 Å². The summed E-state index contributed by atoms with van der Waals surface area (Å²) in [5.74, 6) is 1.15. The van der Waals surface area contributed by atoms with E-state index in [1.165, 1.54) is 0 Å². The molecule has 1 unspecified atom stereocenters. The van der Waals surface area contributed by atoms with Gasteiger partial charge in [-0.25, -0.2) is 4.98 Å². The maximum Gasteiger partial charge on any atom is 0.224 e. The number of nitrogens with one attached hydrogen (secondary N) is 2. The zero-order chi connectivity index (χ0) is 14.4. The predicted octanol–water partition coefficient (Wildman–Crippen LogP) is 1.87. The molecule has 1 amide bonds. The van der Waals surface area contributed by atoms with Gasteiger partial charge in [0.25, 0.3) is 0 Å². The Morgan fingerprint density at radius 2 is 2.40 bits per heavy atom.